The highest BCUT2D eigenvalue weighted by Crippen LogP contribution is 2.24. The van der Waals surface area contributed by atoms with Gasteiger partial charge in [-0.25, -0.2) is 9.78 Å². The first kappa shape index (κ1) is 11.5. The predicted molar refractivity (Wildman–Crippen MR) is 56.7 cm³/mol. The highest BCUT2D eigenvalue weighted by Gasteiger charge is 2.09. The molecule has 1 unspecified atom stereocenters. The van der Waals surface area contributed by atoms with Crippen LogP contribution in [0.4, 0.5) is 0 Å². The topological polar surface area (TPSA) is 74.0 Å². The fourth-order valence-electron chi connectivity index (χ4n) is 0.967. The maximum absolute atomic E-state index is 10.6. The average molecular weight is 222 g/mol. The van der Waals surface area contributed by atoms with E-state index in [1.165, 1.54) is 24.0 Å². The van der Waals surface area contributed by atoms with E-state index in [1.54, 1.807) is 6.07 Å². The van der Waals surface area contributed by atoms with Crippen LogP contribution in [-0.2, 0) is 0 Å². The molecule has 0 fully saturated rings. The molecule has 78 valence electrons. The van der Waals surface area contributed by atoms with Gasteiger partial charge in [0, 0.05) is 11.1 Å². The Morgan fingerprint density at radius 2 is 2.53 bits per heavy atom. The quantitative estimate of drug-likeness (QED) is 0.790. The van der Waals surface area contributed by atoms with E-state index in [4.69, 9.17) is 10.4 Å². The van der Waals surface area contributed by atoms with E-state index < -0.39 is 5.97 Å². The molecular weight excluding hydrogens is 212 g/mol. The molecule has 0 aliphatic carbocycles. The van der Waals surface area contributed by atoms with E-state index in [9.17, 15) is 4.79 Å². The smallest absolute Gasteiger partial charge is 0.354 e. The van der Waals surface area contributed by atoms with Gasteiger partial charge in [-0.3, -0.25) is 0 Å². The predicted octanol–water partition coefficient (Wildman–Crippen LogP) is 2.17. The van der Waals surface area contributed by atoms with Crippen LogP contribution in [0.3, 0.4) is 0 Å². The monoisotopic (exact) mass is 222 g/mol. The van der Waals surface area contributed by atoms with Crippen LogP contribution in [0.25, 0.3) is 0 Å². The first-order valence-corrected chi connectivity index (χ1v) is 5.31. The molecule has 1 atom stereocenters. The number of rotatable bonds is 4. The number of carboxylic acid groups (broad SMARTS) is 1. The van der Waals surface area contributed by atoms with Gasteiger partial charge >= 0.3 is 5.97 Å². The fourth-order valence-corrected chi connectivity index (χ4v) is 1.83. The molecule has 1 aromatic rings. The summed E-state index contributed by atoms with van der Waals surface area (Å²) in [6.07, 6.45) is 2.17. The van der Waals surface area contributed by atoms with Crippen molar-refractivity contribution in [3.05, 3.63) is 24.0 Å². The number of hydrogen-bond donors (Lipinski definition) is 1. The Morgan fingerprint density at radius 3 is 3.07 bits per heavy atom. The fraction of sp³-hybridized carbons (Fsp3) is 0.300. The SMILES string of the molecule is CCC(C#N)Sc1ccnc(C(=O)O)c1. The van der Waals surface area contributed by atoms with Gasteiger partial charge in [-0.05, 0) is 18.6 Å². The van der Waals surface area contributed by atoms with Crippen molar-refractivity contribution >= 4 is 17.7 Å². The zero-order valence-electron chi connectivity index (χ0n) is 8.17. The molecule has 1 N–H and O–H groups in total. The van der Waals surface area contributed by atoms with Crippen molar-refractivity contribution in [3.8, 4) is 6.07 Å². The third-order valence-electron chi connectivity index (χ3n) is 1.74. The molecular formula is C10H10N2O2S. The number of pyridine rings is 1. The van der Waals surface area contributed by atoms with Crippen LogP contribution in [0.2, 0.25) is 0 Å². The van der Waals surface area contributed by atoms with Crippen molar-refractivity contribution in [2.24, 2.45) is 0 Å². The van der Waals surface area contributed by atoms with E-state index in [2.05, 4.69) is 11.1 Å². The van der Waals surface area contributed by atoms with Crippen molar-refractivity contribution in [1.29, 1.82) is 5.26 Å². The standard InChI is InChI=1S/C10H10N2O2S/c1-2-7(6-11)15-8-3-4-12-9(5-8)10(13)14/h3-5,7H,2H2,1H3,(H,13,14). The summed E-state index contributed by atoms with van der Waals surface area (Å²) in [5, 5.41) is 17.3. The van der Waals surface area contributed by atoms with E-state index in [0.717, 1.165) is 11.3 Å². The molecule has 0 aliphatic heterocycles. The Hall–Kier alpha value is -1.54. The molecule has 0 saturated carbocycles. The number of aromatic nitrogens is 1. The lowest BCUT2D eigenvalue weighted by atomic mass is 10.3. The lowest BCUT2D eigenvalue weighted by molar-refractivity contribution is 0.0690. The van der Waals surface area contributed by atoms with Crippen molar-refractivity contribution in [2.75, 3.05) is 0 Å². The van der Waals surface area contributed by atoms with Crippen molar-refractivity contribution < 1.29 is 9.90 Å². The molecule has 4 nitrogen and oxygen atoms in total. The molecule has 0 radical (unpaired) electrons. The Kier molecular flexibility index (Phi) is 4.13. The summed E-state index contributed by atoms with van der Waals surface area (Å²) in [6.45, 7) is 1.92. The summed E-state index contributed by atoms with van der Waals surface area (Å²) in [7, 11) is 0. The van der Waals surface area contributed by atoms with Gasteiger partial charge in [0.15, 0.2) is 0 Å². The van der Waals surface area contributed by atoms with Crippen LogP contribution in [0.5, 0.6) is 0 Å². The van der Waals surface area contributed by atoms with Gasteiger partial charge in [0.1, 0.15) is 5.69 Å². The highest BCUT2D eigenvalue weighted by molar-refractivity contribution is 8.00. The molecule has 0 aromatic carbocycles. The third-order valence-corrected chi connectivity index (χ3v) is 2.99. The van der Waals surface area contributed by atoms with Crippen molar-refractivity contribution in [3.63, 3.8) is 0 Å². The normalized spacial score (nSPS) is 11.7. The zero-order chi connectivity index (χ0) is 11.3. The van der Waals surface area contributed by atoms with Crippen molar-refractivity contribution in [1.82, 2.24) is 4.98 Å². The number of nitriles is 1. The number of carboxylic acids is 1. The second kappa shape index (κ2) is 5.37. The van der Waals surface area contributed by atoms with Gasteiger partial charge in [-0.1, -0.05) is 6.92 Å². The lowest BCUT2D eigenvalue weighted by Gasteiger charge is -2.05. The van der Waals surface area contributed by atoms with Gasteiger partial charge in [0.2, 0.25) is 0 Å². The van der Waals surface area contributed by atoms with Gasteiger partial charge in [0.05, 0.1) is 11.3 Å². The maximum atomic E-state index is 10.6. The molecule has 1 aromatic heterocycles. The van der Waals surface area contributed by atoms with Crippen LogP contribution >= 0.6 is 11.8 Å². The average Bonchev–Trinajstić information content (AvgIpc) is 2.26. The minimum absolute atomic E-state index is 0.00722. The van der Waals surface area contributed by atoms with E-state index in [-0.39, 0.29) is 10.9 Å². The maximum Gasteiger partial charge on any atom is 0.354 e. The van der Waals surface area contributed by atoms with Crippen molar-refractivity contribution in [2.45, 2.75) is 23.5 Å². The Labute approximate surface area is 91.9 Å². The Bertz CT molecular complexity index is 401. The Balaban J connectivity index is 2.83. The molecule has 1 heterocycles. The molecule has 15 heavy (non-hydrogen) atoms. The summed E-state index contributed by atoms with van der Waals surface area (Å²) in [4.78, 5) is 15.1. The second-order valence-electron chi connectivity index (χ2n) is 2.83. The van der Waals surface area contributed by atoms with Crippen LogP contribution < -0.4 is 0 Å². The summed E-state index contributed by atoms with van der Waals surface area (Å²) in [5.74, 6) is -1.05. The second-order valence-corrected chi connectivity index (χ2v) is 4.10. The minimum atomic E-state index is -1.05. The molecule has 5 heteroatoms. The third kappa shape index (κ3) is 3.26. The van der Waals surface area contributed by atoms with Crippen LogP contribution in [0.1, 0.15) is 23.8 Å². The van der Waals surface area contributed by atoms with E-state index >= 15 is 0 Å². The number of carbonyl (C=O) groups is 1. The molecule has 0 aliphatic rings. The number of thioether (sulfide) groups is 1. The van der Waals surface area contributed by atoms with Gasteiger partial charge in [-0.2, -0.15) is 5.26 Å². The number of nitrogens with zero attached hydrogens (tertiary/aromatic N) is 2. The van der Waals surface area contributed by atoms with Gasteiger partial charge < -0.3 is 5.11 Å². The highest BCUT2D eigenvalue weighted by atomic mass is 32.2. The molecule has 0 bridgehead atoms. The lowest BCUT2D eigenvalue weighted by Crippen LogP contribution is -2.01. The first-order valence-electron chi connectivity index (χ1n) is 4.43. The van der Waals surface area contributed by atoms with E-state index in [1.807, 2.05) is 6.92 Å². The zero-order valence-corrected chi connectivity index (χ0v) is 8.99. The Morgan fingerprint density at radius 1 is 1.80 bits per heavy atom. The number of aromatic carboxylic acids is 1. The molecule has 0 amide bonds. The number of hydrogen-bond acceptors (Lipinski definition) is 4. The van der Waals surface area contributed by atoms with Gasteiger partial charge in [0.25, 0.3) is 0 Å². The first-order chi connectivity index (χ1) is 7.17. The molecule has 0 saturated heterocycles. The van der Waals surface area contributed by atoms with Crippen LogP contribution in [0.15, 0.2) is 23.2 Å². The van der Waals surface area contributed by atoms with Gasteiger partial charge in [-0.15, -0.1) is 11.8 Å². The molecule has 0 spiro atoms. The molecule has 1 rings (SSSR count). The largest absolute Gasteiger partial charge is 0.477 e. The summed E-state index contributed by atoms with van der Waals surface area (Å²) >= 11 is 1.36. The van der Waals surface area contributed by atoms with Crippen LogP contribution in [0, 0.1) is 11.3 Å². The van der Waals surface area contributed by atoms with Crippen LogP contribution in [-0.4, -0.2) is 21.3 Å². The minimum Gasteiger partial charge on any atom is -0.477 e. The summed E-state index contributed by atoms with van der Waals surface area (Å²) < 4.78 is 0. The summed E-state index contributed by atoms with van der Waals surface area (Å²) in [5.41, 5.74) is 0.00722. The van der Waals surface area contributed by atoms with E-state index in [0.29, 0.717) is 0 Å². The summed E-state index contributed by atoms with van der Waals surface area (Å²) in [6, 6.07) is 5.33.